The summed E-state index contributed by atoms with van der Waals surface area (Å²) >= 11 is 6.01. The lowest BCUT2D eigenvalue weighted by Gasteiger charge is -2.35. The van der Waals surface area contributed by atoms with Gasteiger partial charge < -0.3 is 20.0 Å². The summed E-state index contributed by atoms with van der Waals surface area (Å²) in [6, 6.07) is 16.9. The smallest absolute Gasteiger partial charge is 0.321 e. The summed E-state index contributed by atoms with van der Waals surface area (Å²) in [6.07, 6.45) is 1.62. The molecule has 1 aliphatic heterocycles. The molecule has 3 rings (SSSR count). The molecule has 0 bridgehead atoms. The molecule has 6 nitrogen and oxygen atoms in total. The fourth-order valence-electron chi connectivity index (χ4n) is 3.74. The molecule has 1 saturated heterocycles. The standard InChI is InChI=1S/C24H31ClN4O2/c1-27(2)15-16-28(17-19-10-12-21(25)13-11-19)23(30)20-7-6-14-29(18-20)24(31)26-22-8-4-3-5-9-22/h3-5,8-13,20H,6-7,14-18H2,1-2H3,(H,26,31). The van der Waals surface area contributed by atoms with Crippen LogP contribution in [0.15, 0.2) is 54.6 Å². The largest absolute Gasteiger partial charge is 0.337 e. The summed E-state index contributed by atoms with van der Waals surface area (Å²) < 4.78 is 0. The molecule has 1 unspecified atom stereocenters. The van der Waals surface area contributed by atoms with Gasteiger partial charge in [-0.2, -0.15) is 0 Å². The number of anilines is 1. The average Bonchev–Trinajstić information content (AvgIpc) is 2.78. The Morgan fingerprint density at radius 2 is 1.77 bits per heavy atom. The van der Waals surface area contributed by atoms with Crippen molar-refractivity contribution in [1.82, 2.24) is 14.7 Å². The summed E-state index contributed by atoms with van der Waals surface area (Å²) in [5.74, 6) is -0.0845. The van der Waals surface area contributed by atoms with Gasteiger partial charge in [0, 0.05) is 43.4 Å². The first-order valence-electron chi connectivity index (χ1n) is 10.7. The number of hydrogen-bond donors (Lipinski definition) is 1. The third-order valence-electron chi connectivity index (χ3n) is 5.50. The maximum absolute atomic E-state index is 13.4. The van der Waals surface area contributed by atoms with Gasteiger partial charge in [0.15, 0.2) is 0 Å². The van der Waals surface area contributed by atoms with E-state index in [0.717, 1.165) is 30.6 Å². The van der Waals surface area contributed by atoms with Gasteiger partial charge in [0.05, 0.1) is 5.92 Å². The molecule has 0 radical (unpaired) electrons. The molecule has 166 valence electrons. The highest BCUT2D eigenvalue weighted by molar-refractivity contribution is 6.30. The third kappa shape index (κ3) is 6.97. The fourth-order valence-corrected chi connectivity index (χ4v) is 3.87. The molecule has 0 aromatic heterocycles. The number of carbonyl (C=O) groups excluding carboxylic acids is 2. The summed E-state index contributed by atoms with van der Waals surface area (Å²) in [7, 11) is 4.00. The molecule has 0 spiro atoms. The van der Waals surface area contributed by atoms with E-state index in [0.29, 0.717) is 31.2 Å². The van der Waals surface area contributed by atoms with Crippen LogP contribution in [0.2, 0.25) is 5.02 Å². The molecule has 0 saturated carbocycles. The second-order valence-corrected chi connectivity index (χ2v) is 8.71. The summed E-state index contributed by atoms with van der Waals surface area (Å²) in [6.45, 7) is 3.07. The van der Waals surface area contributed by atoms with Gasteiger partial charge >= 0.3 is 6.03 Å². The SMILES string of the molecule is CN(C)CCN(Cc1ccc(Cl)cc1)C(=O)C1CCCN(C(=O)Nc2ccccc2)C1. The van der Waals surface area contributed by atoms with Gasteiger partial charge in [-0.25, -0.2) is 4.79 Å². The number of likely N-dealkylation sites (tertiary alicyclic amines) is 1. The minimum absolute atomic E-state index is 0.106. The topological polar surface area (TPSA) is 55.9 Å². The second kappa shape index (κ2) is 11.2. The molecular weight excluding hydrogens is 412 g/mol. The van der Waals surface area contributed by atoms with Gasteiger partial charge in [-0.3, -0.25) is 4.79 Å². The maximum Gasteiger partial charge on any atom is 0.321 e. The summed E-state index contributed by atoms with van der Waals surface area (Å²) in [4.78, 5) is 31.9. The number of likely N-dealkylation sites (N-methyl/N-ethyl adjacent to an activating group) is 1. The zero-order chi connectivity index (χ0) is 22.2. The van der Waals surface area contributed by atoms with Crippen LogP contribution in [0, 0.1) is 5.92 Å². The Bertz CT molecular complexity index is 858. The lowest BCUT2D eigenvalue weighted by molar-refractivity contribution is -0.137. The minimum atomic E-state index is -0.190. The van der Waals surface area contributed by atoms with E-state index in [4.69, 9.17) is 11.6 Å². The van der Waals surface area contributed by atoms with Crippen molar-refractivity contribution >= 4 is 29.2 Å². The number of amides is 3. The number of piperidine rings is 1. The van der Waals surface area contributed by atoms with Crippen LogP contribution >= 0.6 is 11.6 Å². The van der Waals surface area contributed by atoms with Crippen molar-refractivity contribution in [2.45, 2.75) is 19.4 Å². The van der Waals surface area contributed by atoms with Crippen LogP contribution in [0.3, 0.4) is 0 Å². The highest BCUT2D eigenvalue weighted by Gasteiger charge is 2.31. The lowest BCUT2D eigenvalue weighted by Crippen LogP contribution is -2.48. The van der Waals surface area contributed by atoms with Gasteiger partial charge in [-0.1, -0.05) is 41.9 Å². The van der Waals surface area contributed by atoms with Crippen LogP contribution in [-0.2, 0) is 11.3 Å². The number of nitrogens with one attached hydrogen (secondary N) is 1. The van der Waals surface area contributed by atoms with E-state index in [-0.39, 0.29) is 17.9 Å². The number of carbonyl (C=O) groups is 2. The number of halogens is 1. The van der Waals surface area contributed by atoms with E-state index < -0.39 is 0 Å². The van der Waals surface area contributed by atoms with Crippen LogP contribution in [0.5, 0.6) is 0 Å². The molecule has 7 heteroatoms. The molecule has 1 heterocycles. The number of benzene rings is 2. The minimum Gasteiger partial charge on any atom is -0.337 e. The van der Waals surface area contributed by atoms with Crippen molar-refractivity contribution in [3.05, 3.63) is 65.2 Å². The van der Waals surface area contributed by atoms with E-state index >= 15 is 0 Å². The molecule has 2 aromatic carbocycles. The van der Waals surface area contributed by atoms with E-state index in [1.54, 1.807) is 4.90 Å². The molecule has 3 amide bonds. The molecule has 0 aliphatic carbocycles. The van der Waals surface area contributed by atoms with E-state index in [2.05, 4.69) is 10.2 Å². The van der Waals surface area contributed by atoms with E-state index in [1.807, 2.05) is 73.6 Å². The first-order valence-corrected chi connectivity index (χ1v) is 11.1. The van der Waals surface area contributed by atoms with Crippen LogP contribution in [0.1, 0.15) is 18.4 Å². The van der Waals surface area contributed by atoms with Gasteiger partial charge in [-0.15, -0.1) is 0 Å². The Hall–Kier alpha value is -2.57. The Morgan fingerprint density at radius 1 is 1.06 bits per heavy atom. The van der Waals surface area contributed by atoms with Gasteiger partial charge in [0.25, 0.3) is 0 Å². The average molecular weight is 443 g/mol. The van der Waals surface area contributed by atoms with Gasteiger partial charge in [0.2, 0.25) is 5.91 Å². The van der Waals surface area contributed by atoms with Crippen molar-refractivity contribution < 1.29 is 9.59 Å². The first kappa shape index (κ1) is 23.1. The zero-order valence-electron chi connectivity index (χ0n) is 18.3. The fraction of sp³-hybridized carbons (Fsp3) is 0.417. The first-order chi connectivity index (χ1) is 14.9. The Labute approximate surface area is 189 Å². The summed E-state index contributed by atoms with van der Waals surface area (Å²) in [5, 5.41) is 3.61. The van der Waals surface area contributed by atoms with Crippen molar-refractivity contribution in [2.24, 2.45) is 5.92 Å². The Morgan fingerprint density at radius 3 is 2.45 bits per heavy atom. The molecule has 2 aromatic rings. The molecule has 31 heavy (non-hydrogen) atoms. The quantitative estimate of drug-likeness (QED) is 0.700. The zero-order valence-corrected chi connectivity index (χ0v) is 19.0. The van der Waals surface area contributed by atoms with Crippen molar-refractivity contribution in [2.75, 3.05) is 45.6 Å². The van der Waals surface area contributed by atoms with Crippen molar-refractivity contribution in [1.29, 1.82) is 0 Å². The third-order valence-corrected chi connectivity index (χ3v) is 5.75. The normalized spacial score (nSPS) is 16.3. The Kier molecular flexibility index (Phi) is 8.32. The molecule has 1 atom stereocenters. The summed E-state index contributed by atoms with van der Waals surface area (Å²) in [5.41, 5.74) is 1.81. The van der Waals surface area contributed by atoms with Crippen LogP contribution in [0.4, 0.5) is 10.5 Å². The number of nitrogens with zero attached hydrogens (tertiary/aromatic N) is 3. The predicted octanol–water partition coefficient (Wildman–Crippen LogP) is 4.17. The predicted molar refractivity (Wildman–Crippen MR) is 125 cm³/mol. The highest BCUT2D eigenvalue weighted by atomic mass is 35.5. The molecule has 1 N–H and O–H groups in total. The van der Waals surface area contributed by atoms with Gasteiger partial charge in [-0.05, 0) is 56.8 Å². The maximum atomic E-state index is 13.4. The van der Waals surface area contributed by atoms with Crippen molar-refractivity contribution in [3.8, 4) is 0 Å². The number of urea groups is 1. The van der Waals surface area contributed by atoms with E-state index in [1.165, 1.54) is 0 Å². The monoisotopic (exact) mass is 442 g/mol. The second-order valence-electron chi connectivity index (χ2n) is 8.27. The van der Waals surface area contributed by atoms with E-state index in [9.17, 15) is 9.59 Å². The van der Waals surface area contributed by atoms with Crippen LogP contribution < -0.4 is 5.32 Å². The highest BCUT2D eigenvalue weighted by Crippen LogP contribution is 2.21. The number of rotatable bonds is 7. The Balaban J connectivity index is 1.65. The molecular formula is C24H31ClN4O2. The number of hydrogen-bond acceptors (Lipinski definition) is 3. The van der Waals surface area contributed by atoms with Crippen LogP contribution in [-0.4, -0.2) is 66.9 Å². The van der Waals surface area contributed by atoms with Crippen LogP contribution in [0.25, 0.3) is 0 Å². The lowest BCUT2D eigenvalue weighted by atomic mass is 9.96. The van der Waals surface area contributed by atoms with Gasteiger partial charge in [0.1, 0.15) is 0 Å². The molecule has 1 fully saturated rings. The molecule has 1 aliphatic rings. The van der Waals surface area contributed by atoms with Crippen molar-refractivity contribution in [3.63, 3.8) is 0 Å². The number of para-hydroxylation sites is 1.